The van der Waals surface area contributed by atoms with Crippen LogP contribution in [0.15, 0.2) is 12.2 Å². The molecule has 0 N–H and O–H groups in total. The first-order chi connectivity index (χ1) is 17.1. The molecule has 0 heterocycles. The van der Waals surface area contributed by atoms with Crippen LogP contribution in [0.5, 0.6) is 0 Å². The highest BCUT2D eigenvalue weighted by Gasteiger charge is 2.03. The lowest BCUT2D eigenvalue weighted by Crippen LogP contribution is -2.15. The molecule has 0 amide bonds. The van der Waals surface area contributed by atoms with Gasteiger partial charge in [0.25, 0.3) is 0 Å². The van der Waals surface area contributed by atoms with Gasteiger partial charge in [-0.25, -0.2) is 4.79 Å². The summed E-state index contributed by atoms with van der Waals surface area (Å²) in [6, 6.07) is 0. The first kappa shape index (κ1) is 33.6. The minimum atomic E-state index is -0.410. The van der Waals surface area contributed by atoms with E-state index in [1.165, 1.54) is 70.6 Å². The van der Waals surface area contributed by atoms with Gasteiger partial charge in [-0.05, 0) is 13.3 Å². The van der Waals surface area contributed by atoms with Crippen LogP contribution in [-0.2, 0) is 33.3 Å². The number of unbranched alkanes of at least 4 members (excludes halogenated alkanes) is 12. The van der Waals surface area contributed by atoms with Crippen LogP contribution in [0.1, 0.15) is 104 Å². The fourth-order valence-electron chi connectivity index (χ4n) is 3.43. The Morgan fingerprint density at radius 3 is 1.34 bits per heavy atom. The number of hydrogen-bond donors (Lipinski definition) is 0. The summed E-state index contributed by atoms with van der Waals surface area (Å²) < 4.78 is 26.2. The number of rotatable bonds is 27. The van der Waals surface area contributed by atoms with Crippen molar-refractivity contribution in [1.82, 2.24) is 0 Å². The Hall–Kier alpha value is -1.44. The quantitative estimate of drug-likeness (QED) is 0.0757. The highest BCUT2D eigenvalue weighted by atomic mass is 16.6. The maximum absolute atomic E-state index is 11.7. The summed E-state index contributed by atoms with van der Waals surface area (Å²) in [7, 11) is 0. The van der Waals surface area contributed by atoms with Crippen LogP contribution in [0.3, 0.4) is 0 Å². The zero-order chi connectivity index (χ0) is 25.8. The van der Waals surface area contributed by atoms with E-state index < -0.39 is 5.97 Å². The molecule has 0 radical (unpaired) electrons. The molecule has 0 spiro atoms. The lowest BCUT2D eigenvalue weighted by atomic mass is 10.0. The molecular formula is C28H52O7. The SMILES string of the molecule is C=C(C)C(=O)OCCOCCOCCOCCOC(=O)CCCCCCCCCCCCCCC. The first-order valence-corrected chi connectivity index (χ1v) is 13.8. The zero-order valence-corrected chi connectivity index (χ0v) is 22.6. The number of esters is 2. The average Bonchev–Trinajstić information content (AvgIpc) is 2.84. The van der Waals surface area contributed by atoms with Gasteiger partial charge < -0.3 is 23.7 Å². The molecule has 0 bridgehead atoms. The summed E-state index contributed by atoms with van der Waals surface area (Å²) in [5.41, 5.74) is 0.373. The van der Waals surface area contributed by atoms with E-state index in [0.717, 1.165) is 12.8 Å². The van der Waals surface area contributed by atoms with Gasteiger partial charge in [-0.2, -0.15) is 0 Å². The van der Waals surface area contributed by atoms with Crippen LogP contribution < -0.4 is 0 Å². The van der Waals surface area contributed by atoms with Crippen molar-refractivity contribution < 1.29 is 33.3 Å². The van der Waals surface area contributed by atoms with Gasteiger partial charge in [0.15, 0.2) is 0 Å². The van der Waals surface area contributed by atoms with Gasteiger partial charge in [-0.1, -0.05) is 90.6 Å². The normalized spacial score (nSPS) is 10.9. The van der Waals surface area contributed by atoms with Crippen molar-refractivity contribution in [1.29, 1.82) is 0 Å². The minimum Gasteiger partial charge on any atom is -0.463 e. The number of ether oxygens (including phenoxy) is 5. The smallest absolute Gasteiger partial charge is 0.333 e. The van der Waals surface area contributed by atoms with E-state index in [1.807, 2.05) is 0 Å². The standard InChI is InChI=1S/C28H52O7/c1-4-5-6-7-8-9-10-11-12-13-14-15-16-17-27(29)34-24-22-32-20-18-31-19-21-33-23-25-35-28(30)26(2)3/h2,4-25H2,1,3H3. The Morgan fingerprint density at radius 2 is 0.914 bits per heavy atom. The lowest BCUT2D eigenvalue weighted by Gasteiger charge is -2.08. The monoisotopic (exact) mass is 500 g/mol. The second-order valence-corrected chi connectivity index (χ2v) is 8.97. The van der Waals surface area contributed by atoms with Crippen molar-refractivity contribution >= 4 is 11.9 Å². The molecule has 7 nitrogen and oxygen atoms in total. The van der Waals surface area contributed by atoms with Crippen molar-refractivity contribution in [2.75, 3.05) is 52.9 Å². The van der Waals surface area contributed by atoms with Gasteiger partial charge in [-0.15, -0.1) is 0 Å². The highest BCUT2D eigenvalue weighted by Crippen LogP contribution is 2.13. The second-order valence-electron chi connectivity index (χ2n) is 8.97. The second kappa shape index (κ2) is 27.2. The third-order valence-electron chi connectivity index (χ3n) is 5.53. The van der Waals surface area contributed by atoms with Gasteiger partial charge in [0.05, 0.1) is 39.6 Å². The van der Waals surface area contributed by atoms with Crippen LogP contribution >= 0.6 is 0 Å². The molecule has 206 valence electrons. The highest BCUT2D eigenvalue weighted by molar-refractivity contribution is 5.86. The maximum atomic E-state index is 11.7. The molecular weight excluding hydrogens is 448 g/mol. The Kier molecular flexibility index (Phi) is 26.0. The van der Waals surface area contributed by atoms with Crippen LogP contribution in [0.2, 0.25) is 0 Å². The molecule has 0 rings (SSSR count). The predicted octanol–water partition coefficient (Wildman–Crippen LogP) is 6.18. The summed E-state index contributed by atoms with van der Waals surface area (Å²) in [5, 5.41) is 0. The fraction of sp³-hybridized carbons (Fsp3) is 0.857. The summed E-state index contributed by atoms with van der Waals surface area (Å²) in [5.74, 6) is -0.550. The fourth-order valence-corrected chi connectivity index (χ4v) is 3.43. The molecule has 0 saturated heterocycles. The van der Waals surface area contributed by atoms with Crippen molar-refractivity contribution in [3.63, 3.8) is 0 Å². The Bertz CT molecular complexity index is 508. The van der Waals surface area contributed by atoms with E-state index in [0.29, 0.717) is 51.6 Å². The molecule has 0 aromatic heterocycles. The Labute approximate surface area is 214 Å². The van der Waals surface area contributed by atoms with Gasteiger partial charge >= 0.3 is 11.9 Å². The maximum Gasteiger partial charge on any atom is 0.333 e. The molecule has 35 heavy (non-hydrogen) atoms. The van der Waals surface area contributed by atoms with Crippen LogP contribution in [0.25, 0.3) is 0 Å². The molecule has 0 saturated carbocycles. The molecule has 0 aromatic rings. The van der Waals surface area contributed by atoms with E-state index in [9.17, 15) is 9.59 Å². The average molecular weight is 501 g/mol. The van der Waals surface area contributed by atoms with Crippen LogP contribution in [0.4, 0.5) is 0 Å². The summed E-state index contributed by atoms with van der Waals surface area (Å²) in [6.45, 7) is 10.3. The molecule has 0 aromatic carbocycles. The molecule has 0 aliphatic heterocycles. The number of carbonyl (C=O) groups excluding carboxylic acids is 2. The summed E-state index contributed by atoms with van der Waals surface area (Å²) in [4.78, 5) is 22.9. The van der Waals surface area contributed by atoms with E-state index in [1.54, 1.807) is 6.92 Å². The molecule has 0 unspecified atom stereocenters. The van der Waals surface area contributed by atoms with Gasteiger partial charge in [0.1, 0.15) is 13.2 Å². The Balaban J connectivity index is 3.20. The molecule has 7 heteroatoms. The van der Waals surface area contributed by atoms with Crippen molar-refractivity contribution in [2.24, 2.45) is 0 Å². The van der Waals surface area contributed by atoms with Crippen molar-refractivity contribution in [3.8, 4) is 0 Å². The van der Waals surface area contributed by atoms with Crippen molar-refractivity contribution in [2.45, 2.75) is 104 Å². The van der Waals surface area contributed by atoms with E-state index in [-0.39, 0.29) is 19.2 Å². The zero-order valence-electron chi connectivity index (χ0n) is 22.6. The first-order valence-electron chi connectivity index (χ1n) is 13.8. The van der Waals surface area contributed by atoms with Crippen LogP contribution in [0, 0.1) is 0 Å². The number of hydrogen-bond acceptors (Lipinski definition) is 7. The molecule has 0 aliphatic carbocycles. The van der Waals surface area contributed by atoms with E-state index in [2.05, 4.69) is 13.5 Å². The van der Waals surface area contributed by atoms with Crippen LogP contribution in [-0.4, -0.2) is 64.8 Å². The van der Waals surface area contributed by atoms with E-state index in [4.69, 9.17) is 23.7 Å². The third kappa shape index (κ3) is 27.0. The molecule has 0 aliphatic rings. The summed E-state index contributed by atoms with van der Waals surface area (Å²) in [6.07, 6.45) is 17.3. The predicted molar refractivity (Wildman–Crippen MR) is 140 cm³/mol. The summed E-state index contributed by atoms with van der Waals surface area (Å²) >= 11 is 0. The minimum absolute atomic E-state index is 0.140. The van der Waals surface area contributed by atoms with Gasteiger partial charge in [-0.3, -0.25) is 4.79 Å². The number of carbonyl (C=O) groups is 2. The largest absolute Gasteiger partial charge is 0.463 e. The van der Waals surface area contributed by atoms with Gasteiger partial charge in [0, 0.05) is 12.0 Å². The van der Waals surface area contributed by atoms with E-state index >= 15 is 0 Å². The molecule has 0 atom stereocenters. The third-order valence-corrected chi connectivity index (χ3v) is 5.53. The lowest BCUT2D eigenvalue weighted by molar-refractivity contribution is -0.145. The molecule has 0 fully saturated rings. The van der Waals surface area contributed by atoms with Crippen molar-refractivity contribution in [3.05, 3.63) is 12.2 Å². The Morgan fingerprint density at radius 1 is 0.543 bits per heavy atom. The van der Waals surface area contributed by atoms with Gasteiger partial charge in [0.2, 0.25) is 0 Å². The topological polar surface area (TPSA) is 80.3 Å².